The molecule has 1 aliphatic rings. The summed E-state index contributed by atoms with van der Waals surface area (Å²) in [5.74, 6) is -1.31. The van der Waals surface area contributed by atoms with Crippen LogP contribution in [0.15, 0.2) is 48.5 Å². The number of hydrogen-bond donors (Lipinski definition) is 1. The van der Waals surface area contributed by atoms with Crippen LogP contribution >= 0.6 is 0 Å². The van der Waals surface area contributed by atoms with Gasteiger partial charge in [0.05, 0.1) is 6.54 Å². The van der Waals surface area contributed by atoms with Gasteiger partial charge in [0, 0.05) is 30.5 Å². The fourth-order valence-electron chi connectivity index (χ4n) is 2.90. The standard InChI is InChI=1S/C20H17F3N2O4/c21-20(22,23)29-16-4-2-1-3-15(16)11-24-19(28)14-7-5-13(6-8-14)12-25-17(26)9-10-18(25)27/h1-8H,9-12H2,(H,24,28). The molecule has 9 heteroatoms. The van der Waals surface area contributed by atoms with Gasteiger partial charge in [-0.15, -0.1) is 13.2 Å². The summed E-state index contributed by atoms with van der Waals surface area (Å²) in [4.78, 5) is 36.8. The van der Waals surface area contributed by atoms with Crippen molar-refractivity contribution < 1.29 is 32.3 Å². The number of nitrogens with zero attached hydrogens (tertiary/aromatic N) is 1. The molecule has 1 heterocycles. The molecule has 1 N–H and O–H groups in total. The largest absolute Gasteiger partial charge is 0.573 e. The average Bonchev–Trinajstić information content (AvgIpc) is 2.98. The molecule has 0 atom stereocenters. The Kier molecular flexibility index (Phi) is 5.86. The lowest BCUT2D eigenvalue weighted by Gasteiger charge is -2.14. The monoisotopic (exact) mass is 406 g/mol. The van der Waals surface area contributed by atoms with E-state index in [-0.39, 0.29) is 49.1 Å². The Morgan fingerprint density at radius 3 is 2.24 bits per heavy atom. The van der Waals surface area contributed by atoms with Crippen molar-refractivity contribution in [3.8, 4) is 5.75 Å². The summed E-state index contributed by atoms with van der Waals surface area (Å²) in [6.45, 7) is -0.00859. The first kappa shape index (κ1) is 20.4. The molecule has 2 aromatic rings. The van der Waals surface area contributed by atoms with Gasteiger partial charge in [0.25, 0.3) is 5.91 Å². The van der Waals surface area contributed by atoms with E-state index in [1.54, 1.807) is 18.2 Å². The highest BCUT2D eigenvalue weighted by Gasteiger charge is 2.32. The molecule has 1 saturated heterocycles. The van der Waals surface area contributed by atoms with E-state index in [9.17, 15) is 27.6 Å². The number of alkyl halides is 3. The molecular weight excluding hydrogens is 389 g/mol. The Labute approximate surface area is 164 Å². The summed E-state index contributed by atoms with van der Waals surface area (Å²) >= 11 is 0. The number of rotatable bonds is 6. The van der Waals surface area contributed by atoms with Crippen LogP contribution < -0.4 is 10.1 Å². The predicted molar refractivity (Wildman–Crippen MR) is 95.5 cm³/mol. The fourth-order valence-corrected chi connectivity index (χ4v) is 2.90. The number of benzene rings is 2. The molecular formula is C20H17F3N2O4. The minimum Gasteiger partial charge on any atom is -0.405 e. The molecule has 0 unspecified atom stereocenters. The second kappa shape index (κ2) is 8.34. The highest BCUT2D eigenvalue weighted by molar-refractivity contribution is 6.01. The van der Waals surface area contributed by atoms with Gasteiger partial charge in [0.15, 0.2) is 0 Å². The Bertz CT molecular complexity index is 910. The lowest BCUT2D eigenvalue weighted by molar-refractivity contribution is -0.274. The van der Waals surface area contributed by atoms with Crippen LogP contribution in [0.1, 0.15) is 34.3 Å². The normalized spacial score (nSPS) is 14.2. The van der Waals surface area contributed by atoms with Crippen LogP contribution in [-0.2, 0) is 22.7 Å². The smallest absolute Gasteiger partial charge is 0.405 e. The molecule has 3 rings (SSSR count). The number of carbonyl (C=O) groups excluding carboxylic acids is 3. The minimum absolute atomic E-state index is 0.141. The van der Waals surface area contributed by atoms with Crippen molar-refractivity contribution >= 4 is 17.7 Å². The second-order valence-electron chi connectivity index (χ2n) is 6.41. The van der Waals surface area contributed by atoms with Gasteiger partial charge in [-0.25, -0.2) is 0 Å². The molecule has 29 heavy (non-hydrogen) atoms. The summed E-state index contributed by atoms with van der Waals surface area (Å²) in [7, 11) is 0. The first-order valence-electron chi connectivity index (χ1n) is 8.77. The topological polar surface area (TPSA) is 75.7 Å². The summed E-state index contributed by atoms with van der Waals surface area (Å²) in [6.07, 6.45) is -4.41. The lowest BCUT2D eigenvalue weighted by Crippen LogP contribution is -2.28. The fraction of sp³-hybridized carbons (Fsp3) is 0.250. The summed E-state index contributed by atoms with van der Waals surface area (Å²) < 4.78 is 41.3. The number of likely N-dealkylation sites (tertiary alicyclic amines) is 1. The number of imide groups is 1. The molecule has 152 valence electrons. The van der Waals surface area contributed by atoms with Crippen LogP contribution in [-0.4, -0.2) is 29.0 Å². The van der Waals surface area contributed by atoms with Crippen LogP contribution in [0.4, 0.5) is 13.2 Å². The van der Waals surface area contributed by atoms with E-state index in [1.165, 1.54) is 35.2 Å². The van der Waals surface area contributed by atoms with Crippen molar-refractivity contribution in [1.29, 1.82) is 0 Å². The zero-order chi connectivity index (χ0) is 21.0. The van der Waals surface area contributed by atoms with Crippen molar-refractivity contribution in [1.82, 2.24) is 10.2 Å². The summed E-state index contributed by atoms with van der Waals surface area (Å²) in [5, 5.41) is 2.54. The first-order chi connectivity index (χ1) is 13.7. The van der Waals surface area contributed by atoms with Gasteiger partial charge < -0.3 is 10.1 Å². The van der Waals surface area contributed by atoms with Gasteiger partial charge in [0.1, 0.15) is 5.75 Å². The molecule has 0 spiro atoms. The van der Waals surface area contributed by atoms with E-state index in [2.05, 4.69) is 10.1 Å². The predicted octanol–water partition coefficient (Wildman–Crippen LogP) is 3.16. The summed E-state index contributed by atoms with van der Waals surface area (Å²) in [5.41, 5.74) is 1.16. The van der Waals surface area contributed by atoms with E-state index in [4.69, 9.17) is 0 Å². The molecule has 3 amide bonds. The highest BCUT2D eigenvalue weighted by atomic mass is 19.4. The number of carbonyl (C=O) groups is 3. The molecule has 2 aromatic carbocycles. The molecule has 1 aliphatic heterocycles. The maximum absolute atomic E-state index is 12.5. The van der Waals surface area contributed by atoms with E-state index >= 15 is 0 Å². The van der Waals surface area contributed by atoms with Crippen LogP contribution in [0.2, 0.25) is 0 Å². The number of ether oxygens (including phenoxy) is 1. The van der Waals surface area contributed by atoms with Gasteiger partial charge in [0.2, 0.25) is 11.8 Å². The third kappa shape index (κ3) is 5.34. The van der Waals surface area contributed by atoms with E-state index in [1.807, 2.05) is 0 Å². The molecule has 0 aromatic heterocycles. The van der Waals surface area contributed by atoms with E-state index in [0.29, 0.717) is 11.1 Å². The number of amides is 3. The number of halogens is 3. The van der Waals surface area contributed by atoms with Crippen LogP contribution in [0.5, 0.6) is 5.75 Å². The van der Waals surface area contributed by atoms with Crippen LogP contribution in [0.3, 0.4) is 0 Å². The van der Waals surface area contributed by atoms with Gasteiger partial charge in [-0.2, -0.15) is 0 Å². The molecule has 0 radical (unpaired) electrons. The third-order valence-corrected chi connectivity index (χ3v) is 4.35. The second-order valence-corrected chi connectivity index (χ2v) is 6.41. The van der Waals surface area contributed by atoms with E-state index < -0.39 is 12.3 Å². The number of nitrogens with one attached hydrogen (secondary N) is 1. The van der Waals surface area contributed by atoms with Crippen molar-refractivity contribution in [2.75, 3.05) is 0 Å². The lowest BCUT2D eigenvalue weighted by atomic mass is 10.1. The van der Waals surface area contributed by atoms with Crippen molar-refractivity contribution in [2.45, 2.75) is 32.3 Å². The van der Waals surface area contributed by atoms with E-state index in [0.717, 1.165) is 0 Å². The zero-order valence-corrected chi connectivity index (χ0v) is 15.2. The maximum Gasteiger partial charge on any atom is 0.573 e. The number of para-hydroxylation sites is 1. The minimum atomic E-state index is -4.83. The Hall–Kier alpha value is -3.36. The number of hydrogen-bond acceptors (Lipinski definition) is 4. The SMILES string of the molecule is O=C(NCc1ccccc1OC(F)(F)F)c1ccc(CN2C(=O)CCC2=O)cc1. The molecule has 0 saturated carbocycles. The van der Waals surface area contributed by atoms with Gasteiger partial charge in [-0.3, -0.25) is 19.3 Å². The highest BCUT2D eigenvalue weighted by Crippen LogP contribution is 2.26. The molecule has 6 nitrogen and oxygen atoms in total. The van der Waals surface area contributed by atoms with Gasteiger partial charge >= 0.3 is 6.36 Å². The Morgan fingerprint density at radius 2 is 1.62 bits per heavy atom. The summed E-state index contributed by atoms with van der Waals surface area (Å²) in [6, 6.07) is 11.8. The Balaban J connectivity index is 1.60. The van der Waals surface area contributed by atoms with Gasteiger partial charge in [-0.1, -0.05) is 30.3 Å². The average molecular weight is 406 g/mol. The first-order valence-corrected chi connectivity index (χ1v) is 8.77. The van der Waals surface area contributed by atoms with Crippen molar-refractivity contribution in [3.05, 3.63) is 65.2 Å². The van der Waals surface area contributed by atoms with Crippen molar-refractivity contribution in [2.24, 2.45) is 0 Å². The Morgan fingerprint density at radius 1 is 1.00 bits per heavy atom. The van der Waals surface area contributed by atoms with Gasteiger partial charge in [-0.05, 0) is 23.8 Å². The van der Waals surface area contributed by atoms with Crippen LogP contribution in [0, 0.1) is 0 Å². The molecule has 0 aliphatic carbocycles. The quantitative estimate of drug-likeness (QED) is 0.748. The van der Waals surface area contributed by atoms with Crippen LogP contribution in [0.25, 0.3) is 0 Å². The molecule has 1 fully saturated rings. The maximum atomic E-state index is 12.5. The molecule has 0 bridgehead atoms. The third-order valence-electron chi connectivity index (χ3n) is 4.35. The van der Waals surface area contributed by atoms with Crippen molar-refractivity contribution in [3.63, 3.8) is 0 Å². The zero-order valence-electron chi connectivity index (χ0n) is 15.2.